The normalized spacial score (nSPS) is 10.6. The number of carboxylic acids is 1. The van der Waals surface area contributed by atoms with E-state index in [0.29, 0.717) is 15.6 Å². The molecule has 0 aliphatic heterocycles. The topological polar surface area (TPSA) is 57.6 Å². The van der Waals surface area contributed by atoms with Crippen LogP contribution in [0.5, 0.6) is 0 Å². The number of aliphatic carboxylic acids is 1. The molecule has 0 bridgehead atoms. The van der Waals surface area contributed by atoms with Crippen molar-refractivity contribution in [3.05, 3.63) is 39.9 Å². The number of halogens is 2. The molecule has 0 radical (unpaired) electrons. The van der Waals surface area contributed by atoms with Crippen molar-refractivity contribution >= 4 is 41.2 Å². The zero-order chi connectivity index (χ0) is 13.7. The number of carboxylic acid groups (broad SMARTS) is 1. The van der Waals surface area contributed by atoms with Gasteiger partial charge in [-0.25, -0.2) is 0 Å². The summed E-state index contributed by atoms with van der Waals surface area (Å²) in [5.74, 6) is -1.49. The minimum absolute atomic E-state index is 0.351. The Hall–Kier alpha value is -1.52. The summed E-state index contributed by atoms with van der Waals surface area (Å²) in [4.78, 5) is 23.1. The highest BCUT2D eigenvalue weighted by molar-refractivity contribution is 6.42. The summed E-state index contributed by atoms with van der Waals surface area (Å²) in [7, 11) is 1.40. The van der Waals surface area contributed by atoms with Crippen LogP contribution in [-0.4, -0.2) is 35.5 Å². The molecule has 18 heavy (non-hydrogen) atoms. The number of benzene rings is 1. The van der Waals surface area contributed by atoms with Crippen molar-refractivity contribution in [1.82, 2.24) is 4.90 Å². The van der Waals surface area contributed by atoms with Crippen molar-refractivity contribution in [2.24, 2.45) is 0 Å². The van der Waals surface area contributed by atoms with Crippen molar-refractivity contribution < 1.29 is 14.7 Å². The van der Waals surface area contributed by atoms with Crippen LogP contribution in [0.3, 0.4) is 0 Å². The lowest BCUT2D eigenvalue weighted by Gasteiger charge is -2.11. The molecule has 0 aromatic heterocycles. The first-order valence-corrected chi connectivity index (χ1v) is 5.76. The largest absolute Gasteiger partial charge is 0.480 e. The van der Waals surface area contributed by atoms with Crippen LogP contribution in [0.15, 0.2) is 24.3 Å². The van der Waals surface area contributed by atoms with Crippen LogP contribution in [0, 0.1) is 0 Å². The molecule has 0 atom stereocenters. The molecule has 0 heterocycles. The van der Waals surface area contributed by atoms with E-state index in [-0.39, 0.29) is 6.54 Å². The van der Waals surface area contributed by atoms with E-state index in [0.717, 1.165) is 4.90 Å². The Labute approximate surface area is 114 Å². The third-order valence-corrected chi connectivity index (χ3v) is 2.97. The molecule has 1 amide bonds. The second-order valence-electron chi connectivity index (χ2n) is 3.56. The monoisotopic (exact) mass is 287 g/mol. The molecule has 0 spiro atoms. The second-order valence-corrected chi connectivity index (χ2v) is 4.35. The number of carbonyl (C=O) groups excluding carboxylic acids is 1. The third kappa shape index (κ3) is 4.05. The molecule has 1 N–H and O–H groups in total. The van der Waals surface area contributed by atoms with E-state index >= 15 is 0 Å². The van der Waals surface area contributed by atoms with Gasteiger partial charge in [-0.2, -0.15) is 0 Å². The first-order valence-electron chi connectivity index (χ1n) is 5.01. The number of likely N-dealkylation sites (N-methyl/N-ethyl adjacent to an activating group) is 1. The highest BCUT2D eigenvalue weighted by Crippen LogP contribution is 2.26. The number of hydrogen-bond acceptors (Lipinski definition) is 2. The van der Waals surface area contributed by atoms with Gasteiger partial charge >= 0.3 is 5.97 Å². The van der Waals surface area contributed by atoms with Gasteiger partial charge in [0, 0.05) is 13.1 Å². The predicted molar refractivity (Wildman–Crippen MR) is 70.8 cm³/mol. The van der Waals surface area contributed by atoms with Gasteiger partial charge in [-0.3, -0.25) is 9.59 Å². The van der Waals surface area contributed by atoms with E-state index < -0.39 is 11.9 Å². The van der Waals surface area contributed by atoms with Crippen molar-refractivity contribution in [2.75, 3.05) is 13.6 Å². The average Bonchev–Trinajstić information content (AvgIpc) is 2.29. The number of nitrogens with zero attached hydrogens (tertiary/aromatic N) is 1. The van der Waals surface area contributed by atoms with Crippen LogP contribution in [0.2, 0.25) is 10.0 Å². The fourth-order valence-corrected chi connectivity index (χ4v) is 1.59. The maximum Gasteiger partial charge on any atom is 0.323 e. The summed E-state index contributed by atoms with van der Waals surface area (Å²) in [6.45, 7) is -0.355. The Kier molecular flexibility index (Phi) is 5.19. The Bertz CT molecular complexity index is 500. The van der Waals surface area contributed by atoms with E-state index in [1.807, 2.05) is 0 Å². The number of amides is 1. The maximum absolute atomic E-state index is 11.5. The quantitative estimate of drug-likeness (QED) is 0.866. The zero-order valence-electron chi connectivity index (χ0n) is 9.56. The fourth-order valence-electron chi connectivity index (χ4n) is 1.22. The molecule has 1 aromatic carbocycles. The standard InChI is InChI=1S/C12H11Cl2NO3/c1-15(7-11(17)18)10(16)6-5-8-3-2-4-9(13)12(8)14/h2-6H,7H2,1H3,(H,17,18)/b6-5+. The first kappa shape index (κ1) is 14.5. The summed E-state index contributed by atoms with van der Waals surface area (Å²) < 4.78 is 0. The van der Waals surface area contributed by atoms with Gasteiger partial charge in [-0.15, -0.1) is 0 Å². The molecule has 6 heteroatoms. The number of rotatable bonds is 4. The molecule has 1 rings (SSSR count). The molecule has 0 saturated carbocycles. The molecule has 0 aliphatic rings. The Morgan fingerprint density at radius 1 is 1.39 bits per heavy atom. The van der Waals surface area contributed by atoms with E-state index in [4.69, 9.17) is 28.3 Å². The molecular weight excluding hydrogens is 277 g/mol. The molecule has 4 nitrogen and oxygen atoms in total. The summed E-state index contributed by atoms with van der Waals surface area (Å²) in [5.41, 5.74) is 0.598. The third-order valence-electron chi connectivity index (χ3n) is 2.14. The first-order chi connectivity index (χ1) is 8.41. The van der Waals surface area contributed by atoms with Crippen LogP contribution < -0.4 is 0 Å². The van der Waals surface area contributed by atoms with Gasteiger partial charge in [0.05, 0.1) is 10.0 Å². The van der Waals surface area contributed by atoms with Crippen LogP contribution >= 0.6 is 23.2 Å². The van der Waals surface area contributed by atoms with Crippen molar-refractivity contribution in [1.29, 1.82) is 0 Å². The smallest absolute Gasteiger partial charge is 0.323 e. The second kappa shape index (κ2) is 6.42. The SMILES string of the molecule is CN(CC(=O)O)C(=O)/C=C/c1cccc(Cl)c1Cl. The van der Waals surface area contributed by atoms with Crippen molar-refractivity contribution in [3.8, 4) is 0 Å². The van der Waals surface area contributed by atoms with Crippen LogP contribution in [0.25, 0.3) is 6.08 Å². The van der Waals surface area contributed by atoms with Gasteiger partial charge in [0.25, 0.3) is 0 Å². The lowest BCUT2D eigenvalue weighted by atomic mass is 10.2. The molecule has 0 saturated heterocycles. The van der Waals surface area contributed by atoms with Gasteiger partial charge in [0.1, 0.15) is 6.54 Å². The van der Waals surface area contributed by atoms with E-state index in [9.17, 15) is 9.59 Å². The van der Waals surface area contributed by atoms with Gasteiger partial charge < -0.3 is 10.0 Å². The van der Waals surface area contributed by atoms with E-state index in [1.165, 1.54) is 19.2 Å². The Morgan fingerprint density at radius 2 is 2.06 bits per heavy atom. The minimum atomic E-state index is -1.07. The fraction of sp³-hybridized carbons (Fsp3) is 0.167. The predicted octanol–water partition coefficient (Wildman–Crippen LogP) is 2.55. The van der Waals surface area contributed by atoms with Gasteiger partial charge in [-0.05, 0) is 17.7 Å². The summed E-state index contributed by atoms with van der Waals surface area (Å²) >= 11 is 11.8. The maximum atomic E-state index is 11.5. The van der Waals surface area contributed by atoms with Crippen LogP contribution in [0.1, 0.15) is 5.56 Å². The Morgan fingerprint density at radius 3 is 2.67 bits per heavy atom. The molecule has 96 valence electrons. The van der Waals surface area contributed by atoms with Crippen molar-refractivity contribution in [2.45, 2.75) is 0 Å². The summed E-state index contributed by atoms with van der Waals surface area (Å²) in [5, 5.41) is 9.29. The molecule has 0 aliphatic carbocycles. The lowest BCUT2D eigenvalue weighted by Crippen LogP contribution is -2.30. The molecule has 0 fully saturated rings. The highest BCUT2D eigenvalue weighted by Gasteiger charge is 2.09. The zero-order valence-corrected chi connectivity index (χ0v) is 11.1. The lowest BCUT2D eigenvalue weighted by molar-refractivity contribution is -0.141. The van der Waals surface area contributed by atoms with Crippen molar-refractivity contribution in [3.63, 3.8) is 0 Å². The van der Waals surface area contributed by atoms with Crippen LogP contribution in [0.4, 0.5) is 0 Å². The molecule has 0 unspecified atom stereocenters. The van der Waals surface area contributed by atoms with Crippen LogP contribution in [-0.2, 0) is 9.59 Å². The average molecular weight is 288 g/mol. The van der Waals surface area contributed by atoms with Gasteiger partial charge in [0.15, 0.2) is 0 Å². The summed E-state index contributed by atoms with van der Waals surface area (Å²) in [6, 6.07) is 5.05. The highest BCUT2D eigenvalue weighted by atomic mass is 35.5. The summed E-state index contributed by atoms with van der Waals surface area (Å²) in [6.07, 6.45) is 2.75. The van der Waals surface area contributed by atoms with E-state index in [2.05, 4.69) is 0 Å². The van der Waals surface area contributed by atoms with Gasteiger partial charge in [-0.1, -0.05) is 35.3 Å². The van der Waals surface area contributed by atoms with Gasteiger partial charge in [0.2, 0.25) is 5.91 Å². The van der Waals surface area contributed by atoms with E-state index in [1.54, 1.807) is 18.2 Å². The molecule has 1 aromatic rings. The number of carbonyl (C=O) groups is 2. The Balaban J connectivity index is 2.78. The number of hydrogen-bond donors (Lipinski definition) is 1. The minimum Gasteiger partial charge on any atom is -0.480 e. The molecular formula is C12H11Cl2NO3.